The minimum atomic E-state index is 0.130. The minimum absolute atomic E-state index is 0.130. The summed E-state index contributed by atoms with van der Waals surface area (Å²) in [6, 6.07) is 6.06. The summed E-state index contributed by atoms with van der Waals surface area (Å²) in [4.78, 5) is 0. The maximum atomic E-state index is 6.13. The Balaban J connectivity index is 2.91. The molecule has 0 aromatic heterocycles. The summed E-state index contributed by atoms with van der Waals surface area (Å²) in [7, 11) is 0. The van der Waals surface area contributed by atoms with Crippen LogP contribution in [0.3, 0.4) is 0 Å². The van der Waals surface area contributed by atoms with Gasteiger partial charge >= 0.3 is 0 Å². The van der Waals surface area contributed by atoms with Gasteiger partial charge in [-0.15, -0.1) is 0 Å². The van der Waals surface area contributed by atoms with E-state index in [0.717, 1.165) is 21.6 Å². The maximum Gasteiger partial charge on any atom is 0.0554 e. The van der Waals surface area contributed by atoms with E-state index in [-0.39, 0.29) is 5.54 Å². The average molecular weight is 345 g/mol. The molecule has 19 heavy (non-hydrogen) atoms. The Bertz CT molecular complexity index is 458. The van der Waals surface area contributed by atoms with Gasteiger partial charge in [-0.1, -0.05) is 43.2 Å². The zero-order valence-electron chi connectivity index (χ0n) is 12.3. The molecule has 1 N–H and O–H groups in total. The van der Waals surface area contributed by atoms with E-state index in [4.69, 9.17) is 11.6 Å². The van der Waals surface area contributed by atoms with Crippen molar-refractivity contribution >= 4 is 33.6 Å². The summed E-state index contributed by atoms with van der Waals surface area (Å²) in [5.74, 6) is 0.511. The van der Waals surface area contributed by atoms with Crippen LogP contribution in [0.4, 0.5) is 0 Å². The van der Waals surface area contributed by atoms with Crippen molar-refractivity contribution < 1.29 is 0 Å². The lowest BCUT2D eigenvalue weighted by molar-refractivity contribution is 0.437. The molecular weight excluding hydrogens is 322 g/mol. The number of hydrogen-bond donors (Lipinski definition) is 1. The van der Waals surface area contributed by atoms with Crippen LogP contribution >= 0.6 is 27.5 Å². The second-order valence-corrected chi connectivity index (χ2v) is 7.41. The van der Waals surface area contributed by atoms with Crippen molar-refractivity contribution in [1.82, 2.24) is 5.32 Å². The fraction of sp³-hybridized carbons (Fsp3) is 0.500. The normalized spacial score (nSPS) is 13.2. The van der Waals surface area contributed by atoms with Crippen LogP contribution in [0.25, 0.3) is 6.08 Å². The molecule has 0 radical (unpaired) electrons. The third-order valence-electron chi connectivity index (χ3n) is 2.86. The van der Waals surface area contributed by atoms with Crippen LogP contribution in [0.1, 0.15) is 40.2 Å². The largest absolute Gasteiger partial charge is 0.308 e. The van der Waals surface area contributed by atoms with Gasteiger partial charge in [-0.05, 0) is 60.3 Å². The molecule has 1 aromatic rings. The van der Waals surface area contributed by atoms with Gasteiger partial charge in [0.1, 0.15) is 0 Å². The van der Waals surface area contributed by atoms with Crippen LogP contribution in [0.15, 0.2) is 28.2 Å². The van der Waals surface area contributed by atoms with Gasteiger partial charge < -0.3 is 5.32 Å². The van der Waals surface area contributed by atoms with E-state index >= 15 is 0 Å². The Morgan fingerprint density at radius 2 is 2.00 bits per heavy atom. The number of nitrogens with one attached hydrogen (secondary N) is 1. The maximum absolute atomic E-state index is 6.13. The molecule has 0 saturated carbocycles. The molecule has 0 aliphatic rings. The van der Waals surface area contributed by atoms with E-state index in [1.165, 1.54) is 5.57 Å². The van der Waals surface area contributed by atoms with Crippen molar-refractivity contribution in [3.8, 4) is 0 Å². The first kappa shape index (κ1) is 16.7. The van der Waals surface area contributed by atoms with E-state index < -0.39 is 0 Å². The van der Waals surface area contributed by atoms with Gasteiger partial charge in [0.05, 0.1) is 5.02 Å². The fourth-order valence-electron chi connectivity index (χ4n) is 1.61. The molecule has 106 valence electrons. The lowest BCUT2D eigenvalue weighted by atomic mass is 9.99. The minimum Gasteiger partial charge on any atom is -0.308 e. The summed E-state index contributed by atoms with van der Waals surface area (Å²) < 4.78 is 0.935. The number of halogens is 2. The Hall–Kier alpha value is -0.310. The van der Waals surface area contributed by atoms with Gasteiger partial charge in [0.2, 0.25) is 0 Å². The van der Waals surface area contributed by atoms with E-state index in [1.54, 1.807) is 0 Å². The molecular formula is C16H23BrClN. The third-order valence-corrected chi connectivity index (χ3v) is 4.09. The third kappa shape index (κ3) is 6.11. The van der Waals surface area contributed by atoms with Crippen molar-refractivity contribution in [2.45, 2.75) is 40.2 Å². The highest BCUT2D eigenvalue weighted by molar-refractivity contribution is 9.10. The Kier molecular flexibility index (Phi) is 6.10. The molecule has 0 saturated heterocycles. The van der Waals surface area contributed by atoms with Crippen LogP contribution in [-0.2, 0) is 0 Å². The van der Waals surface area contributed by atoms with Crippen LogP contribution in [0.2, 0.25) is 5.02 Å². The monoisotopic (exact) mass is 343 g/mol. The Morgan fingerprint density at radius 1 is 1.37 bits per heavy atom. The van der Waals surface area contributed by atoms with Crippen molar-refractivity contribution in [3.05, 3.63) is 38.8 Å². The van der Waals surface area contributed by atoms with Gasteiger partial charge in [-0.3, -0.25) is 0 Å². The summed E-state index contributed by atoms with van der Waals surface area (Å²) in [6.45, 7) is 11.9. The van der Waals surface area contributed by atoms with Gasteiger partial charge in [0.25, 0.3) is 0 Å². The smallest absolute Gasteiger partial charge is 0.0554 e. The van der Waals surface area contributed by atoms with Gasteiger partial charge in [-0.25, -0.2) is 0 Å². The lowest BCUT2D eigenvalue weighted by Crippen LogP contribution is -2.37. The fourth-order valence-corrected chi connectivity index (χ4v) is 2.04. The molecule has 0 atom stereocenters. The molecule has 1 rings (SSSR count). The molecule has 0 bridgehead atoms. The van der Waals surface area contributed by atoms with Crippen molar-refractivity contribution in [3.63, 3.8) is 0 Å². The first-order chi connectivity index (χ1) is 8.69. The van der Waals surface area contributed by atoms with E-state index in [0.29, 0.717) is 5.92 Å². The van der Waals surface area contributed by atoms with Gasteiger partial charge in [0, 0.05) is 16.6 Å². The second kappa shape index (κ2) is 6.92. The molecule has 0 aliphatic heterocycles. The molecule has 0 spiro atoms. The second-order valence-electron chi connectivity index (χ2n) is 6.15. The average Bonchev–Trinajstić information content (AvgIpc) is 2.27. The first-order valence-corrected chi connectivity index (χ1v) is 7.76. The Morgan fingerprint density at radius 3 is 2.47 bits per heavy atom. The molecule has 0 unspecified atom stereocenters. The number of benzene rings is 1. The standard InChI is InChI=1S/C16H23BrClN/c1-11(2)13(10-19-16(3,4)5)8-12-6-7-14(17)15(18)9-12/h6-9,11,19H,10H2,1-5H3/b13-8+. The van der Waals surface area contributed by atoms with E-state index in [9.17, 15) is 0 Å². The quantitative estimate of drug-likeness (QED) is 0.757. The topological polar surface area (TPSA) is 12.0 Å². The summed E-state index contributed by atoms with van der Waals surface area (Å²) in [6.07, 6.45) is 2.22. The zero-order valence-corrected chi connectivity index (χ0v) is 14.7. The molecule has 3 heteroatoms. The van der Waals surface area contributed by atoms with E-state index in [1.807, 2.05) is 12.1 Å². The summed E-state index contributed by atoms with van der Waals surface area (Å²) in [5, 5.41) is 4.29. The molecule has 1 aromatic carbocycles. The highest BCUT2D eigenvalue weighted by Crippen LogP contribution is 2.25. The summed E-state index contributed by atoms with van der Waals surface area (Å²) >= 11 is 9.55. The molecule has 0 amide bonds. The van der Waals surface area contributed by atoms with Gasteiger partial charge in [0.15, 0.2) is 0 Å². The number of hydrogen-bond acceptors (Lipinski definition) is 1. The Labute approximate surface area is 130 Å². The highest BCUT2D eigenvalue weighted by Gasteiger charge is 2.11. The molecule has 0 heterocycles. The molecule has 0 fully saturated rings. The molecule has 1 nitrogen and oxygen atoms in total. The molecule has 0 aliphatic carbocycles. The lowest BCUT2D eigenvalue weighted by Gasteiger charge is -2.23. The predicted octanol–water partition coefficient (Wildman–Crippen LogP) is 5.53. The van der Waals surface area contributed by atoms with Crippen molar-refractivity contribution in [2.24, 2.45) is 5.92 Å². The summed E-state index contributed by atoms with van der Waals surface area (Å²) in [5.41, 5.74) is 2.66. The van der Waals surface area contributed by atoms with Crippen molar-refractivity contribution in [2.75, 3.05) is 6.54 Å². The van der Waals surface area contributed by atoms with E-state index in [2.05, 4.69) is 68.0 Å². The van der Waals surface area contributed by atoms with Gasteiger partial charge in [-0.2, -0.15) is 0 Å². The first-order valence-electron chi connectivity index (χ1n) is 6.59. The van der Waals surface area contributed by atoms with Crippen molar-refractivity contribution in [1.29, 1.82) is 0 Å². The predicted molar refractivity (Wildman–Crippen MR) is 89.7 cm³/mol. The van der Waals surface area contributed by atoms with Crippen LogP contribution in [0, 0.1) is 5.92 Å². The zero-order chi connectivity index (χ0) is 14.6. The van der Waals surface area contributed by atoms with Crippen LogP contribution in [-0.4, -0.2) is 12.1 Å². The van der Waals surface area contributed by atoms with Crippen LogP contribution < -0.4 is 5.32 Å². The highest BCUT2D eigenvalue weighted by atomic mass is 79.9. The number of rotatable bonds is 4. The SMILES string of the molecule is CC(C)/C(=C/c1ccc(Br)c(Cl)c1)CNC(C)(C)C. The van der Waals surface area contributed by atoms with Crippen LogP contribution in [0.5, 0.6) is 0 Å².